The lowest BCUT2D eigenvalue weighted by Gasteiger charge is -2.23. The van der Waals surface area contributed by atoms with Crippen molar-refractivity contribution >= 4 is 0 Å². The number of hydrogen-bond acceptors (Lipinski definition) is 3. The summed E-state index contributed by atoms with van der Waals surface area (Å²) in [6.07, 6.45) is 0.831. The maximum atomic E-state index is 6.13. The number of para-hydroxylation sites is 1. The Kier molecular flexibility index (Phi) is 3.83. The van der Waals surface area contributed by atoms with E-state index < -0.39 is 0 Å². The van der Waals surface area contributed by atoms with E-state index in [0.29, 0.717) is 6.61 Å². The van der Waals surface area contributed by atoms with Crippen LogP contribution in [0.3, 0.4) is 0 Å². The van der Waals surface area contributed by atoms with Gasteiger partial charge in [-0.2, -0.15) is 0 Å². The molecule has 0 aliphatic carbocycles. The molecular formula is C21H18O3. The predicted octanol–water partition coefficient (Wildman–Crippen LogP) is 4.97. The Balaban J connectivity index is 1.61. The van der Waals surface area contributed by atoms with Crippen LogP contribution in [0.1, 0.15) is 16.7 Å². The molecule has 0 spiro atoms. The van der Waals surface area contributed by atoms with Crippen LogP contribution in [0.2, 0.25) is 0 Å². The van der Waals surface area contributed by atoms with Crippen molar-refractivity contribution in [3.05, 3.63) is 83.4 Å². The minimum Gasteiger partial charge on any atom is -0.497 e. The highest BCUT2D eigenvalue weighted by Gasteiger charge is 2.21. The molecule has 120 valence electrons. The van der Waals surface area contributed by atoms with Crippen molar-refractivity contribution in [2.24, 2.45) is 0 Å². The van der Waals surface area contributed by atoms with Crippen LogP contribution in [0, 0.1) is 0 Å². The second-order valence-electron chi connectivity index (χ2n) is 5.77. The minimum absolute atomic E-state index is 0.519. The molecule has 0 radical (unpaired) electrons. The Bertz CT molecular complexity index is 856. The summed E-state index contributed by atoms with van der Waals surface area (Å²) in [6, 6.07) is 22.1. The average Bonchev–Trinajstić information content (AvgIpc) is 2.65. The fraction of sp³-hybridized carbons (Fsp3) is 0.143. The van der Waals surface area contributed by atoms with Gasteiger partial charge in [-0.1, -0.05) is 48.5 Å². The Labute approximate surface area is 141 Å². The maximum Gasteiger partial charge on any atom is 0.172 e. The first-order valence-corrected chi connectivity index (χ1v) is 7.97. The van der Waals surface area contributed by atoms with Crippen LogP contribution in [-0.4, -0.2) is 7.11 Å². The molecule has 24 heavy (non-hydrogen) atoms. The number of fused-ring (bicyclic) bond motifs is 2. The molecule has 1 heterocycles. The maximum absolute atomic E-state index is 6.13. The van der Waals surface area contributed by atoms with Crippen molar-refractivity contribution in [1.29, 1.82) is 0 Å². The van der Waals surface area contributed by atoms with Gasteiger partial charge >= 0.3 is 0 Å². The van der Waals surface area contributed by atoms with Crippen LogP contribution in [0.4, 0.5) is 0 Å². The van der Waals surface area contributed by atoms with E-state index in [1.807, 2.05) is 42.5 Å². The third-order valence-corrected chi connectivity index (χ3v) is 4.16. The van der Waals surface area contributed by atoms with Crippen LogP contribution in [0.15, 0.2) is 66.7 Å². The van der Waals surface area contributed by atoms with Gasteiger partial charge in [0, 0.05) is 18.1 Å². The van der Waals surface area contributed by atoms with Crippen molar-refractivity contribution in [2.45, 2.75) is 13.0 Å². The molecule has 0 unspecified atom stereocenters. The van der Waals surface area contributed by atoms with E-state index >= 15 is 0 Å². The first-order valence-electron chi connectivity index (χ1n) is 7.97. The van der Waals surface area contributed by atoms with Crippen molar-refractivity contribution in [3.8, 4) is 23.0 Å². The third kappa shape index (κ3) is 2.81. The van der Waals surface area contributed by atoms with Gasteiger partial charge in [0.2, 0.25) is 0 Å². The molecule has 0 amide bonds. The first kappa shape index (κ1) is 14.6. The molecule has 0 fully saturated rings. The monoisotopic (exact) mass is 318 g/mol. The lowest BCUT2D eigenvalue weighted by molar-refractivity contribution is 0.289. The van der Waals surface area contributed by atoms with Crippen LogP contribution in [0.25, 0.3) is 0 Å². The van der Waals surface area contributed by atoms with Gasteiger partial charge < -0.3 is 14.2 Å². The van der Waals surface area contributed by atoms with Gasteiger partial charge in [-0.25, -0.2) is 0 Å². The summed E-state index contributed by atoms with van der Waals surface area (Å²) in [6.45, 7) is 0.519. The molecular weight excluding hydrogens is 300 g/mol. The van der Waals surface area contributed by atoms with E-state index in [4.69, 9.17) is 14.2 Å². The van der Waals surface area contributed by atoms with E-state index in [2.05, 4.69) is 24.3 Å². The number of methoxy groups -OCH3 is 1. The molecule has 0 atom stereocenters. The molecule has 1 aliphatic rings. The van der Waals surface area contributed by atoms with Crippen molar-refractivity contribution in [1.82, 2.24) is 0 Å². The second kappa shape index (κ2) is 6.28. The first-order chi connectivity index (χ1) is 11.8. The fourth-order valence-electron chi connectivity index (χ4n) is 2.88. The summed E-state index contributed by atoms with van der Waals surface area (Å²) < 4.78 is 17.4. The Morgan fingerprint density at radius 1 is 0.917 bits per heavy atom. The van der Waals surface area contributed by atoms with Crippen molar-refractivity contribution in [2.75, 3.05) is 7.11 Å². The van der Waals surface area contributed by atoms with Crippen LogP contribution < -0.4 is 14.2 Å². The largest absolute Gasteiger partial charge is 0.497 e. The highest BCUT2D eigenvalue weighted by molar-refractivity contribution is 5.57. The number of benzene rings is 3. The summed E-state index contributed by atoms with van der Waals surface area (Å²) in [7, 11) is 1.66. The summed E-state index contributed by atoms with van der Waals surface area (Å²) in [5.74, 6) is 3.19. The van der Waals surface area contributed by atoms with Crippen LogP contribution in [0.5, 0.6) is 23.0 Å². The minimum atomic E-state index is 0.519. The topological polar surface area (TPSA) is 27.7 Å². The molecule has 3 aromatic rings. The molecule has 1 aliphatic heterocycles. The molecule has 3 aromatic carbocycles. The normalized spacial score (nSPS) is 11.9. The lowest BCUT2D eigenvalue weighted by Crippen LogP contribution is -2.06. The van der Waals surface area contributed by atoms with Gasteiger partial charge in [0.05, 0.1) is 7.11 Å². The quantitative estimate of drug-likeness (QED) is 0.531. The van der Waals surface area contributed by atoms with E-state index in [1.165, 1.54) is 0 Å². The van der Waals surface area contributed by atoms with Crippen LogP contribution in [-0.2, 0) is 13.0 Å². The van der Waals surface area contributed by atoms with E-state index in [0.717, 1.165) is 46.1 Å². The molecule has 0 N–H and O–H groups in total. The van der Waals surface area contributed by atoms with E-state index in [1.54, 1.807) is 7.11 Å². The van der Waals surface area contributed by atoms with Gasteiger partial charge in [-0.05, 0) is 23.3 Å². The van der Waals surface area contributed by atoms with Crippen LogP contribution >= 0.6 is 0 Å². The highest BCUT2D eigenvalue weighted by Crippen LogP contribution is 2.43. The predicted molar refractivity (Wildman–Crippen MR) is 93.1 cm³/mol. The lowest BCUT2D eigenvalue weighted by atomic mass is 10.00. The standard InChI is InChI=1S/C21H18O3/c1-22-18-11-10-16-12-17-8-5-9-19(21(17)24-20(16)13-18)23-14-15-6-3-2-4-7-15/h2-11,13H,12,14H2,1H3. The van der Waals surface area contributed by atoms with Gasteiger partial charge in [-0.3, -0.25) is 0 Å². The smallest absolute Gasteiger partial charge is 0.172 e. The number of ether oxygens (including phenoxy) is 3. The second-order valence-corrected chi connectivity index (χ2v) is 5.77. The van der Waals surface area contributed by atoms with Crippen molar-refractivity contribution in [3.63, 3.8) is 0 Å². The zero-order chi connectivity index (χ0) is 16.4. The number of hydrogen-bond donors (Lipinski definition) is 0. The van der Waals surface area contributed by atoms with E-state index in [-0.39, 0.29) is 0 Å². The van der Waals surface area contributed by atoms with E-state index in [9.17, 15) is 0 Å². The summed E-state index contributed by atoms with van der Waals surface area (Å²) in [4.78, 5) is 0. The molecule has 0 bridgehead atoms. The molecule has 3 heteroatoms. The van der Waals surface area contributed by atoms with Gasteiger partial charge in [0.15, 0.2) is 11.5 Å². The highest BCUT2D eigenvalue weighted by atomic mass is 16.5. The summed E-state index contributed by atoms with van der Waals surface area (Å²) in [5, 5.41) is 0. The zero-order valence-electron chi connectivity index (χ0n) is 13.5. The number of rotatable bonds is 4. The van der Waals surface area contributed by atoms with Gasteiger partial charge in [-0.15, -0.1) is 0 Å². The summed E-state index contributed by atoms with van der Waals surface area (Å²) in [5.41, 5.74) is 3.43. The Morgan fingerprint density at radius 2 is 1.79 bits per heavy atom. The Hall–Kier alpha value is -2.94. The molecule has 0 saturated heterocycles. The molecule has 0 saturated carbocycles. The average molecular weight is 318 g/mol. The Morgan fingerprint density at radius 3 is 2.62 bits per heavy atom. The molecule has 0 aromatic heterocycles. The van der Waals surface area contributed by atoms with Gasteiger partial charge in [0.1, 0.15) is 18.1 Å². The third-order valence-electron chi connectivity index (χ3n) is 4.16. The molecule has 3 nitrogen and oxygen atoms in total. The summed E-state index contributed by atoms with van der Waals surface area (Å²) >= 11 is 0. The fourth-order valence-corrected chi connectivity index (χ4v) is 2.88. The van der Waals surface area contributed by atoms with Gasteiger partial charge in [0.25, 0.3) is 0 Å². The molecule has 4 rings (SSSR count). The SMILES string of the molecule is COc1ccc2c(c1)Oc1c(cccc1OCc1ccccc1)C2. The zero-order valence-corrected chi connectivity index (χ0v) is 13.5. The van der Waals surface area contributed by atoms with Crippen molar-refractivity contribution < 1.29 is 14.2 Å².